The van der Waals surface area contributed by atoms with E-state index in [0.29, 0.717) is 27.6 Å². The molecule has 0 spiro atoms. The SMILES string of the molecule is CC1=C(C(=O)Nc2ccccc2)[C@H](c2ccccc2)C(C#N)=C(S)N1. The summed E-state index contributed by atoms with van der Waals surface area (Å²) < 4.78 is 0. The Balaban J connectivity index is 2.04. The van der Waals surface area contributed by atoms with Crippen molar-refractivity contribution in [2.45, 2.75) is 12.8 Å². The number of amides is 1. The van der Waals surface area contributed by atoms with E-state index in [9.17, 15) is 10.1 Å². The van der Waals surface area contributed by atoms with E-state index < -0.39 is 5.92 Å². The molecule has 1 amide bonds. The zero-order chi connectivity index (χ0) is 17.8. The van der Waals surface area contributed by atoms with Crippen LogP contribution in [-0.2, 0) is 4.79 Å². The molecule has 0 saturated carbocycles. The fraction of sp³-hybridized carbons (Fsp3) is 0.100. The molecule has 0 fully saturated rings. The van der Waals surface area contributed by atoms with E-state index >= 15 is 0 Å². The van der Waals surface area contributed by atoms with Crippen molar-refractivity contribution >= 4 is 24.2 Å². The Kier molecular flexibility index (Phi) is 4.92. The lowest BCUT2D eigenvalue weighted by atomic mass is 9.82. The first-order valence-electron chi connectivity index (χ1n) is 7.84. The number of nitrogens with one attached hydrogen (secondary N) is 2. The molecule has 2 N–H and O–H groups in total. The highest BCUT2D eigenvalue weighted by atomic mass is 32.1. The molecule has 0 aromatic heterocycles. The summed E-state index contributed by atoms with van der Waals surface area (Å²) in [5.74, 6) is -0.692. The van der Waals surface area contributed by atoms with Gasteiger partial charge >= 0.3 is 0 Å². The summed E-state index contributed by atoms with van der Waals surface area (Å²) in [5, 5.41) is 16.0. The van der Waals surface area contributed by atoms with E-state index in [-0.39, 0.29) is 5.91 Å². The van der Waals surface area contributed by atoms with Crippen LogP contribution in [-0.4, -0.2) is 5.91 Å². The first-order valence-corrected chi connectivity index (χ1v) is 8.29. The Morgan fingerprint density at radius 1 is 1.12 bits per heavy atom. The molecule has 124 valence electrons. The van der Waals surface area contributed by atoms with Crippen molar-refractivity contribution in [2.24, 2.45) is 0 Å². The molecule has 0 radical (unpaired) electrons. The number of carbonyl (C=O) groups excluding carboxylic acids is 1. The summed E-state index contributed by atoms with van der Waals surface area (Å²) >= 11 is 4.39. The molecule has 0 saturated heterocycles. The third-order valence-corrected chi connectivity index (χ3v) is 4.42. The molecule has 5 heteroatoms. The summed E-state index contributed by atoms with van der Waals surface area (Å²) in [5.41, 5.74) is 3.22. The van der Waals surface area contributed by atoms with Gasteiger partial charge in [0.05, 0.1) is 22.6 Å². The molecule has 0 aliphatic carbocycles. The second-order valence-electron chi connectivity index (χ2n) is 5.70. The number of allylic oxidation sites excluding steroid dienone is 2. The smallest absolute Gasteiger partial charge is 0.254 e. The highest BCUT2D eigenvalue weighted by Gasteiger charge is 2.33. The van der Waals surface area contributed by atoms with Gasteiger partial charge in [0.2, 0.25) is 0 Å². The Bertz CT molecular complexity index is 896. The zero-order valence-corrected chi connectivity index (χ0v) is 14.5. The molecule has 4 nitrogen and oxygen atoms in total. The number of hydrogen-bond donors (Lipinski definition) is 3. The number of nitriles is 1. The van der Waals surface area contributed by atoms with Crippen LogP contribution >= 0.6 is 12.6 Å². The van der Waals surface area contributed by atoms with Gasteiger partial charge < -0.3 is 10.6 Å². The predicted octanol–water partition coefficient (Wildman–Crippen LogP) is 3.95. The van der Waals surface area contributed by atoms with Gasteiger partial charge in [0.25, 0.3) is 5.91 Å². The van der Waals surface area contributed by atoms with Crippen LogP contribution < -0.4 is 10.6 Å². The number of rotatable bonds is 3. The summed E-state index contributed by atoms with van der Waals surface area (Å²) in [6.07, 6.45) is 0. The molecule has 1 aliphatic rings. The van der Waals surface area contributed by atoms with Gasteiger partial charge in [-0.15, -0.1) is 12.6 Å². The number of hydrogen-bond acceptors (Lipinski definition) is 4. The van der Waals surface area contributed by atoms with Crippen molar-refractivity contribution in [3.63, 3.8) is 0 Å². The lowest BCUT2D eigenvalue weighted by molar-refractivity contribution is -0.113. The largest absolute Gasteiger partial charge is 0.353 e. The highest BCUT2D eigenvalue weighted by Crippen LogP contribution is 2.38. The van der Waals surface area contributed by atoms with E-state index in [4.69, 9.17) is 0 Å². The van der Waals surface area contributed by atoms with Crippen molar-refractivity contribution < 1.29 is 4.79 Å². The standard InChI is InChI=1S/C20H17N3OS/c1-13-17(19(24)23-15-10-6-3-7-11-15)18(14-8-4-2-5-9-14)16(12-21)20(25)22-13/h2-11,18,22,25H,1H3,(H,23,24)/t18-/m1/s1. The average molecular weight is 347 g/mol. The van der Waals surface area contributed by atoms with Crippen LogP contribution in [0.1, 0.15) is 18.4 Å². The maximum absolute atomic E-state index is 13.0. The quantitative estimate of drug-likeness (QED) is 0.737. The van der Waals surface area contributed by atoms with Crippen molar-refractivity contribution in [1.29, 1.82) is 5.26 Å². The Hall–Kier alpha value is -2.97. The van der Waals surface area contributed by atoms with Crippen LogP contribution in [0.5, 0.6) is 0 Å². The monoisotopic (exact) mass is 347 g/mol. The Labute approximate surface area is 152 Å². The first kappa shape index (κ1) is 16.9. The third-order valence-electron chi connectivity index (χ3n) is 4.07. The van der Waals surface area contributed by atoms with Crippen molar-refractivity contribution in [3.05, 3.63) is 88.1 Å². The summed E-state index contributed by atoms with van der Waals surface area (Å²) in [4.78, 5) is 13.0. The molecule has 1 heterocycles. The molecular formula is C20H17N3OS. The van der Waals surface area contributed by atoms with Gasteiger partial charge in [-0.1, -0.05) is 48.5 Å². The van der Waals surface area contributed by atoms with Crippen LogP contribution in [0.2, 0.25) is 0 Å². The minimum absolute atomic E-state index is 0.237. The molecule has 2 aromatic carbocycles. The Morgan fingerprint density at radius 3 is 2.32 bits per heavy atom. The van der Waals surface area contributed by atoms with Gasteiger partial charge in [0.15, 0.2) is 0 Å². The fourth-order valence-corrected chi connectivity index (χ4v) is 3.27. The molecule has 3 rings (SSSR count). The number of anilines is 1. The van der Waals surface area contributed by atoms with Crippen LogP contribution in [0.4, 0.5) is 5.69 Å². The number of para-hydroxylation sites is 1. The number of dihydropyridines is 1. The number of carbonyl (C=O) groups is 1. The predicted molar refractivity (Wildman–Crippen MR) is 102 cm³/mol. The number of nitrogens with zero attached hydrogens (tertiary/aromatic N) is 1. The second-order valence-corrected chi connectivity index (χ2v) is 6.15. The van der Waals surface area contributed by atoms with Gasteiger partial charge in [-0.3, -0.25) is 4.79 Å². The van der Waals surface area contributed by atoms with Gasteiger partial charge in [-0.05, 0) is 24.6 Å². The van der Waals surface area contributed by atoms with Crippen LogP contribution in [0.15, 0.2) is 82.5 Å². The van der Waals surface area contributed by atoms with Crippen LogP contribution in [0.3, 0.4) is 0 Å². The van der Waals surface area contributed by atoms with E-state index in [0.717, 1.165) is 5.56 Å². The van der Waals surface area contributed by atoms with Gasteiger partial charge in [0.1, 0.15) is 0 Å². The van der Waals surface area contributed by atoms with Crippen molar-refractivity contribution in [2.75, 3.05) is 5.32 Å². The lowest BCUT2D eigenvalue weighted by Gasteiger charge is -2.28. The van der Waals surface area contributed by atoms with E-state index in [2.05, 4.69) is 29.3 Å². The van der Waals surface area contributed by atoms with Gasteiger partial charge in [0, 0.05) is 17.0 Å². The minimum atomic E-state index is -0.455. The number of benzene rings is 2. The van der Waals surface area contributed by atoms with Gasteiger partial charge in [-0.25, -0.2) is 0 Å². The average Bonchev–Trinajstić information content (AvgIpc) is 2.62. The fourth-order valence-electron chi connectivity index (χ4n) is 2.93. The van der Waals surface area contributed by atoms with E-state index in [1.807, 2.05) is 67.6 Å². The third kappa shape index (κ3) is 3.44. The molecule has 2 aromatic rings. The molecule has 1 atom stereocenters. The maximum atomic E-state index is 13.0. The van der Waals surface area contributed by atoms with E-state index in [1.165, 1.54) is 0 Å². The molecular weight excluding hydrogens is 330 g/mol. The summed E-state index contributed by atoms with van der Waals surface area (Å²) in [7, 11) is 0. The first-order chi connectivity index (χ1) is 12.1. The molecule has 0 unspecified atom stereocenters. The van der Waals surface area contributed by atoms with Crippen molar-refractivity contribution in [1.82, 2.24) is 5.32 Å². The minimum Gasteiger partial charge on any atom is -0.353 e. The van der Waals surface area contributed by atoms with Crippen LogP contribution in [0.25, 0.3) is 0 Å². The number of thiol groups is 1. The molecule has 1 aliphatic heterocycles. The summed E-state index contributed by atoms with van der Waals surface area (Å²) in [6.45, 7) is 1.82. The normalized spacial score (nSPS) is 16.9. The van der Waals surface area contributed by atoms with Crippen LogP contribution in [0, 0.1) is 11.3 Å². The zero-order valence-electron chi connectivity index (χ0n) is 13.7. The second kappa shape index (κ2) is 7.29. The van der Waals surface area contributed by atoms with Crippen molar-refractivity contribution in [3.8, 4) is 6.07 Å². The Morgan fingerprint density at radius 2 is 1.72 bits per heavy atom. The maximum Gasteiger partial charge on any atom is 0.254 e. The highest BCUT2D eigenvalue weighted by molar-refractivity contribution is 7.84. The lowest BCUT2D eigenvalue weighted by Crippen LogP contribution is -2.30. The van der Waals surface area contributed by atoms with Gasteiger partial charge in [-0.2, -0.15) is 5.26 Å². The van der Waals surface area contributed by atoms with E-state index in [1.54, 1.807) is 0 Å². The summed E-state index contributed by atoms with van der Waals surface area (Å²) in [6, 6.07) is 21.0. The topological polar surface area (TPSA) is 64.9 Å². The molecule has 0 bridgehead atoms. The molecule has 25 heavy (non-hydrogen) atoms.